The maximum absolute atomic E-state index is 5.37. The van der Waals surface area contributed by atoms with Gasteiger partial charge in [-0.25, -0.2) is 4.98 Å². The SMILES string of the molecule is CC1CC(Nc2ccc(N3CCOCC3)nc2)CN1C. The Morgan fingerprint density at radius 3 is 2.70 bits per heavy atom. The van der Waals surface area contributed by atoms with Gasteiger partial charge >= 0.3 is 0 Å². The van der Waals surface area contributed by atoms with Gasteiger partial charge in [-0.15, -0.1) is 0 Å². The first-order valence-corrected chi connectivity index (χ1v) is 7.48. The molecule has 0 aromatic carbocycles. The first-order chi connectivity index (χ1) is 9.72. The van der Waals surface area contributed by atoms with Crippen molar-refractivity contribution < 1.29 is 4.74 Å². The molecule has 1 aromatic rings. The number of rotatable bonds is 3. The number of likely N-dealkylation sites (tertiary alicyclic amines) is 1. The topological polar surface area (TPSA) is 40.6 Å². The summed E-state index contributed by atoms with van der Waals surface area (Å²) >= 11 is 0. The monoisotopic (exact) mass is 276 g/mol. The molecule has 2 fully saturated rings. The third kappa shape index (κ3) is 3.04. The Morgan fingerprint density at radius 2 is 2.10 bits per heavy atom. The van der Waals surface area contributed by atoms with E-state index in [0.29, 0.717) is 12.1 Å². The Hall–Kier alpha value is -1.33. The van der Waals surface area contributed by atoms with Gasteiger partial charge in [0, 0.05) is 31.7 Å². The molecule has 0 bridgehead atoms. The van der Waals surface area contributed by atoms with E-state index in [1.165, 1.54) is 6.42 Å². The van der Waals surface area contributed by atoms with E-state index in [1.54, 1.807) is 0 Å². The highest BCUT2D eigenvalue weighted by Crippen LogP contribution is 2.21. The number of anilines is 2. The van der Waals surface area contributed by atoms with Gasteiger partial charge in [-0.3, -0.25) is 0 Å². The summed E-state index contributed by atoms with van der Waals surface area (Å²) < 4.78 is 5.37. The highest BCUT2D eigenvalue weighted by molar-refractivity contribution is 5.49. The van der Waals surface area contributed by atoms with Crippen LogP contribution in [0.25, 0.3) is 0 Å². The van der Waals surface area contributed by atoms with E-state index < -0.39 is 0 Å². The van der Waals surface area contributed by atoms with Crippen LogP contribution in [0.3, 0.4) is 0 Å². The first-order valence-electron chi connectivity index (χ1n) is 7.48. The highest BCUT2D eigenvalue weighted by Gasteiger charge is 2.25. The molecule has 5 heteroatoms. The molecule has 3 rings (SSSR count). The molecule has 2 unspecified atom stereocenters. The number of pyridine rings is 1. The van der Waals surface area contributed by atoms with Crippen molar-refractivity contribution in [2.45, 2.75) is 25.4 Å². The quantitative estimate of drug-likeness (QED) is 0.904. The van der Waals surface area contributed by atoms with Crippen LogP contribution >= 0.6 is 0 Å². The number of likely N-dealkylation sites (N-methyl/N-ethyl adjacent to an activating group) is 1. The molecule has 1 N–H and O–H groups in total. The van der Waals surface area contributed by atoms with Gasteiger partial charge in [0.05, 0.1) is 25.1 Å². The summed E-state index contributed by atoms with van der Waals surface area (Å²) in [6, 6.07) is 5.44. The third-order valence-electron chi connectivity index (χ3n) is 4.34. The van der Waals surface area contributed by atoms with Gasteiger partial charge in [-0.1, -0.05) is 0 Å². The molecule has 110 valence electrons. The summed E-state index contributed by atoms with van der Waals surface area (Å²) in [5.41, 5.74) is 1.12. The lowest BCUT2D eigenvalue weighted by molar-refractivity contribution is 0.122. The van der Waals surface area contributed by atoms with E-state index >= 15 is 0 Å². The second-order valence-electron chi connectivity index (χ2n) is 5.87. The molecule has 2 atom stereocenters. The van der Waals surface area contributed by atoms with Crippen LogP contribution < -0.4 is 10.2 Å². The Balaban J connectivity index is 1.58. The predicted octanol–water partition coefficient (Wildman–Crippen LogP) is 1.42. The zero-order chi connectivity index (χ0) is 13.9. The second-order valence-corrected chi connectivity index (χ2v) is 5.87. The number of hydrogen-bond donors (Lipinski definition) is 1. The number of ether oxygens (including phenoxy) is 1. The molecular formula is C15H24N4O. The maximum Gasteiger partial charge on any atom is 0.128 e. The van der Waals surface area contributed by atoms with Gasteiger partial charge in [-0.2, -0.15) is 0 Å². The van der Waals surface area contributed by atoms with Crippen molar-refractivity contribution in [3.63, 3.8) is 0 Å². The number of aromatic nitrogens is 1. The Labute approximate surface area is 120 Å². The zero-order valence-corrected chi connectivity index (χ0v) is 12.4. The summed E-state index contributed by atoms with van der Waals surface area (Å²) in [5.74, 6) is 1.05. The summed E-state index contributed by atoms with van der Waals surface area (Å²) in [6.45, 7) is 6.85. The maximum atomic E-state index is 5.37. The molecular weight excluding hydrogens is 252 g/mol. The lowest BCUT2D eigenvalue weighted by atomic mass is 10.2. The minimum Gasteiger partial charge on any atom is -0.380 e. The summed E-state index contributed by atoms with van der Waals surface area (Å²) in [7, 11) is 2.19. The molecule has 0 aliphatic carbocycles. The average molecular weight is 276 g/mol. The van der Waals surface area contributed by atoms with Crippen molar-refractivity contribution in [3.05, 3.63) is 18.3 Å². The summed E-state index contributed by atoms with van der Waals surface area (Å²) in [4.78, 5) is 9.25. The molecule has 0 saturated carbocycles. The van der Waals surface area contributed by atoms with Crippen LogP contribution in [0, 0.1) is 0 Å². The van der Waals surface area contributed by atoms with Crippen LogP contribution in [0.5, 0.6) is 0 Å². The van der Waals surface area contributed by atoms with Crippen LogP contribution in [0.4, 0.5) is 11.5 Å². The second kappa shape index (κ2) is 5.97. The molecule has 0 radical (unpaired) electrons. The van der Waals surface area contributed by atoms with E-state index in [1.807, 2.05) is 6.20 Å². The Bertz CT molecular complexity index is 420. The molecule has 2 aliphatic heterocycles. The molecule has 2 saturated heterocycles. The van der Waals surface area contributed by atoms with Gasteiger partial charge in [0.1, 0.15) is 5.82 Å². The Morgan fingerprint density at radius 1 is 1.30 bits per heavy atom. The standard InChI is InChI=1S/C15H24N4O/c1-12-9-14(11-18(12)2)17-13-3-4-15(16-10-13)19-5-7-20-8-6-19/h3-4,10,12,14,17H,5-9,11H2,1-2H3. The van der Waals surface area contributed by atoms with Gasteiger partial charge in [0.25, 0.3) is 0 Å². The van der Waals surface area contributed by atoms with Gasteiger partial charge in [0.2, 0.25) is 0 Å². The summed E-state index contributed by atoms with van der Waals surface area (Å²) in [6.07, 6.45) is 3.15. The molecule has 1 aromatic heterocycles. The number of nitrogens with zero attached hydrogens (tertiary/aromatic N) is 3. The van der Waals surface area contributed by atoms with E-state index in [4.69, 9.17) is 4.74 Å². The van der Waals surface area contributed by atoms with Gasteiger partial charge in [0.15, 0.2) is 0 Å². The van der Waals surface area contributed by atoms with Crippen molar-refractivity contribution in [1.29, 1.82) is 0 Å². The van der Waals surface area contributed by atoms with E-state index in [-0.39, 0.29) is 0 Å². The molecule has 3 heterocycles. The molecule has 0 spiro atoms. The highest BCUT2D eigenvalue weighted by atomic mass is 16.5. The normalized spacial score (nSPS) is 27.8. The fourth-order valence-electron chi connectivity index (χ4n) is 2.99. The number of hydrogen-bond acceptors (Lipinski definition) is 5. The van der Waals surface area contributed by atoms with Crippen LogP contribution in [0.2, 0.25) is 0 Å². The van der Waals surface area contributed by atoms with Crippen LogP contribution in [0.1, 0.15) is 13.3 Å². The largest absolute Gasteiger partial charge is 0.380 e. The third-order valence-corrected chi connectivity index (χ3v) is 4.34. The van der Waals surface area contributed by atoms with E-state index in [0.717, 1.165) is 44.4 Å². The van der Waals surface area contributed by atoms with E-state index in [2.05, 4.69) is 46.2 Å². The lowest BCUT2D eigenvalue weighted by Crippen LogP contribution is -2.36. The van der Waals surface area contributed by atoms with Crippen molar-refractivity contribution >= 4 is 11.5 Å². The zero-order valence-electron chi connectivity index (χ0n) is 12.4. The average Bonchev–Trinajstić information content (AvgIpc) is 2.79. The van der Waals surface area contributed by atoms with Crippen molar-refractivity contribution in [2.24, 2.45) is 0 Å². The van der Waals surface area contributed by atoms with Crippen molar-refractivity contribution in [3.8, 4) is 0 Å². The fraction of sp³-hybridized carbons (Fsp3) is 0.667. The molecule has 5 nitrogen and oxygen atoms in total. The first kappa shape index (κ1) is 13.6. The summed E-state index contributed by atoms with van der Waals surface area (Å²) in [5, 5.41) is 3.58. The fourth-order valence-corrected chi connectivity index (χ4v) is 2.99. The predicted molar refractivity (Wildman–Crippen MR) is 81.4 cm³/mol. The van der Waals surface area contributed by atoms with Crippen LogP contribution in [-0.4, -0.2) is 61.9 Å². The van der Waals surface area contributed by atoms with Crippen LogP contribution in [0.15, 0.2) is 18.3 Å². The molecule has 20 heavy (non-hydrogen) atoms. The minimum absolute atomic E-state index is 0.533. The molecule has 2 aliphatic rings. The molecule has 0 amide bonds. The van der Waals surface area contributed by atoms with Gasteiger partial charge in [-0.05, 0) is 32.5 Å². The van der Waals surface area contributed by atoms with Gasteiger partial charge < -0.3 is 19.9 Å². The van der Waals surface area contributed by atoms with Crippen molar-refractivity contribution in [2.75, 3.05) is 50.1 Å². The van der Waals surface area contributed by atoms with E-state index in [9.17, 15) is 0 Å². The number of morpholine rings is 1. The smallest absolute Gasteiger partial charge is 0.128 e. The minimum atomic E-state index is 0.533. The number of nitrogens with one attached hydrogen (secondary N) is 1. The van der Waals surface area contributed by atoms with Crippen molar-refractivity contribution in [1.82, 2.24) is 9.88 Å². The Kier molecular flexibility index (Phi) is 4.08. The van der Waals surface area contributed by atoms with Crippen LogP contribution in [-0.2, 0) is 4.74 Å². The lowest BCUT2D eigenvalue weighted by Gasteiger charge is -2.27.